The van der Waals surface area contributed by atoms with Crippen LogP contribution >= 0.6 is 0 Å². The molecule has 1 aliphatic carbocycles. The number of aliphatic hydroxyl groups excluding tert-OH is 2. The molecule has 0 spiro atoms. The van der Waals surface area contributed by atoms with E-state index in [2.05, 4.69) is 0 Å². The molecule has 0 aromatic heterocycles. The SMILES string of the molecule is COC1(O)C=CC23c4cc5c(cc4C(O)N(CC2O)C3C1)OCO5. The number of ether oxygens (including phenoxy) is 3. The van der Waals surface area contributed by atoms with Crippen molar-refractivity contribution in [3.63, 3.8) is 0 Å². The quantitative estimate of drug-likeness (QED) is 0.492. The van der Waals surface area contributed by atoms with Gasteiger partial charge in [0.15, 0.2) is 17.3 Å². The summed E-state index contributed by atoms with van der Waals surface area (Å²) in [6.07, 6.45) is 2.11. The fourth-order valence-corrected chi connectivity index (χ4v) is 4.69. The van der Waals surface area contributed by atoms with Crippen LogP contribution in [0.3, 0.4) is 0 Å². The average molecular weight is 333 g/mol. The Bertz CT molecular complexity index is 751. The van der Waals surface area contributed by atoms with Crippen LogP contribution in [0.25, 0.3) is 0 Å². The van der Waals surface area contributed by atoms with Gasteiger partial charge in [-0.05, 0) is 23.8 Å². The van der Waals surface area contributed by atoms with Crippen LogP contribution in [0, 0.1) is 0 Å². The molecule has 128 valence electrons. The number of fused-ring (bicyclic) bond motifs is 2. The first-order chi connectivity index (χ1) is 11.5. The summed E-state index contributed by atoms with van der Waals surface area (Å²) in [7, 11) is 1.45. The maximum atomic E-state index is 10.8. The molecular weight excluding hydrogens is 314 g/mol. The highest BCUT2D eigenvalue weighted by Crippen LogP contribution is 2.57. The van der Waals surface area contributed by atoms with Gasteiger partial charge in [-0.3, -0.25) is 4.90 Å². The maximum absolute atomic E-state index is 10.8. The van der Waals surface area contributed by atoms with Crippen LogP contribution in [0.2, 0.25) is 0 Å². The second kappa shape index (κ2) is 4.50. The Kier molecular flexibility index (Phi) is 2.75. The molecule has 0 radical (unpaired) electrons. The monoisotopic (exact) mass is 333 g/mol. The van der Waals surface area contributed by atoms with Crippen molar-refractivity contribution < 1.29 is 29.5 Å². The third-order valence-corrected chi connectivity index (χ3v) is 5.95. The molecule has 3 aliphatic heterocycles. The van der Waals surface area contributed by atoms with Crippen LogP contribution < -0.4 is 9.47 Å². The molecule has 6 unspecified atom stereocenters. The average Bonchev–Trinajstić information content (AvgIpc) is 3.13. The molecule has 1 aromatic rings. The smallest absolute Gasteiger partial charge is 0.231 e. The maximum Gasteiger partial charge on any atom is 0.231 e. The lowest BCUT2D eigenvalue weighted by Crippen LogP contribution is -2.56. The van der Waals surface area contributed by atoms with E-state index in [1.807, 2.05) is 17.0 Å². The minimum absolute atomic E-state index is 0.149. The van der Waals surface area contributed by atoms with Crippen LogP contribution in [-0.4, -0.2) is 58.6 Å². The molecule has 3 heterocycles. The molecule has 4 aliphatic rings. The van der Waals surface area contributed by atoms with Crippen molar-refractivity contribution in [2.75, 3.05) is 20.4 Å². The minimum atomic E-state index is -1.40. The van der Waals surface area contributed by atoms with E-state index in [0.717, 1.165) is 5.56 Å². The van der Waals surface area contributed by atoms with Crippen LogP contribution in [0.5, 0.6) is 11.5 Å². The Balaban J connectivity index is 1.76. The third kappa shape index (κ3) is 1.59. The van der Waals surface area contributed by atoms with Crippen LogP contribution in [0.4, 0.5) is 0 Å². The van der Waals surface area contributed by atoms with Gasteiger partial charge in [0.25, 0.3) is 0 Å². The van der Waals surface area contributed by atoms with Gasteiger partial charge in [0.1, 0.15) is 6.23 Å². The standard InChI is InChI=1S/C17H19NO6/c1-22-16(21)2-3-17-10-5-12-11(23-8-24-12)4-9(10)15(20)18(7-14(17)19)13(17)6-16/h2-5,13-15,19-21H,6-8H2,1H3. The highest BCUT2D eigenvalue weighted by Gasteiger charge is 2.62. The number of nitrogens with zero attached hydrogens (tertiary/aromatic N) is 1. The van der Waals surface area contributed by atoms with E-state index in [1.165, 1.54) is 7.11 Å². The molecule has 7 heteroatoms. The molecule has 0 amide bonds. The van der Waals surface area contributed by atoms with E-state index < -0.39 is 23.5 Å². The number of aliphatic hydroxyl groups is 3. The first-order valence-electron chi connectivity index (χ1n) is 8.02. The normalized spacial score (nSPS) is 44.3. The Labute approximate surface area is 138 Å². The first-order valence-corrected chi connectivity index (χ1v) is 8.02. The van der Waals surface area contributed by atoms with Gasteiger partial charge in [0.2, 0.25) is 6.79 Å². The van der Waals surface area contributed by atoms with Gasteiger partial charge < -0.3 is 29.5 Å². The predicted octanol–water partition coefficient (Wildman–Crippen LogP) is -0.00240. The Morgan fingerprint density at radius 3 is 2.71 bits per heavy atom. The van der Waals surface area contributed by atoms with Crippen molar-refractivity contribution in [2.45, 2.75) is 36.0 Å². The molecule has 2 bridgehead atoms. The van der Waals surface area contributed by atoms with Gasteiger partial charge in [0.05, 0.1) is 11.5 Å². The highest BCUT2D eigenvalue weighted by molar-refractivity contribution is 5.57. The molecule has 1 fully saturated rings. The van der Waals surface area contributed by atoms with E-state index in [-0.39, 0.29) is 19.3 Å². The zero-order valence-electron chi connectivity index (χ0n) is 13.2. The Morgan fingerprint density at radius 2 is 1.96 bits per heavy atom. The van der Waals surface area contributed by atoms with Crippen molar-refractivity contribution >= 4 is 0 Å². The lowest BCUT2D eigenvalue weighted by Gasteiger charge is -2.49. The number of benzene rings is 1. The fourth-order valence-electron chi connectivity index (χ4n) is 4.69. The number of methoxy groups -OCH3 is 1. The largest absolute Gasteiger partial charge is 0.454 e. The topological polar surface area (TPSA) is 91.6 Å². The van der Waals surface area contributed by atoms with Crippen molar-refractivity contribution in [1.29, 1.82) is 0 Å². The molecule has 24 heavy (non-hydrogen) atoms. The number of rotatable bonds is 1. The predicted molar refractivity (Wildman–Crippen MR) is 81.4 cm³/mol. The summed E-state index contributed by atoms with van der Waals surface area (Å²) >= 11 is 0. The van der Waals surface area contributed by atoms with Crippen molar-refractivity contribution in [3.8, 4) is 11.5 Å². The molecule has 1 aromatic carbocycles. The van der Waals surface area contributed by atoms with Gasteiger partial charge in [-0.2, -0.15) is 0 Å². The zero-order chi connectivity index (χ0) is 16.7. The fraction of sp³-hybridized carbons (Fsp3) is 0.529. The first kappa shape index (κ1) is 14.7. The number of hydrogen-bond acceptors (Lipinski definition) is 7. The van der Waals surface area contributed by atoms with Gasteiger partial charge in [-0.1, -0.05) is 6.08 Å². The Morgan fingerprint density at radius 1 is 1.21 bits per heavy atom. The summed E-state index contributed by atoms with van der Waals surface area (Å²) in [6.45, 7) is 0.466. The molecule has 3 N–H and O–H groups in total. The van der Waals surface area contributed by atoms with E-state index in [9.17, 15) is 15.3 Å². The second-order valence-corrected chi connectivity index (χ2v) is 6.91. The summed E-state index contributed by atoms with van der Waals surface area (Å²) in [5.41, 5.74) is 0.819. The van der Waals surface area contributed by atoms with Crippen molar-refractivity contribution in [2.24, 2.45) is 0 Å². The van der Waals surface area contributed by atoms with Gasteiger partial charge in [0, 0.05) is 31.7 Å². The Hall–Kier alpha value is -1.64. The second-order valence-electron chi connectivity index (χ2n) is 6.91. The van der Waals surface area contributed by atoms with Crippen LogP contribution in [0.15, 0.2) is 24.3 Å². The number of hydrogen-bond donors (Lipinski definition) is 3. The summed E-state index contributed by atoms with van der Waals surface area (Å²) in [4.78, 5) is 1.82. The highest BCUT2D eigenvalue weighted by atomic mass is 16.7. The van der Waals surface area contributed by atoms with E-state index in [0.29, 0.717) is 23.6 Å². The summed E-state index contributed by atoms with van der Waals surface area (Å²) < 4.78 is 16.1. The van der Waals surface area contributed by atoms with Gasteiger partial charge in [-0.15, -0.1) is 0 Å². The van der Waals surface area contributed by atoms with Crippen molar-refractivity contribution in [3.05, 3.63) is 35.4 Å². The molecule has 7 nitrogen and oxygen atoms in total. The lowest BCUT2D eigenvalue weighted by molar-refractivity contribution is -0.175. The van der Waals surface area contributed by atoms with E-state index in [4.69, 9.17) is 14.2 Å². The lowest BCUT2D eigenvalue weighted by atomic mass is 9.64. The van der Waals surface area contributed by atoms with Crippen LogP contribution in [0.1, 0.15) is 23.8 Å². The third-order valence-electron chi connectivity index (χ3n) is 5.95. The molecule has 6 atom stereocenters. The van der Waals surface area contributed by atoms with Crippen molar-refractivity contribution in [1.82, 2.24) is 4.90 Å². The summed E-state index contributed by atoms with van der Waals surface area (Å²) in [5, 5.41) is 32.2. The van der Waals surface area contributed by atoms with Crippen LogP contribution in [-0.2, 0) is 10.2 Å². The van der Waals surface area contributed by atoms with E-state index >= 15 is 0 Å². The molecule has 5 rings (SSSR count). The summed E-state index contributed by atoms with van der Waals surface area (Å²) in [5.74, 6) is -0.183. The molecular formula is C17H19NO6. The minimum Gasteiger partial charge on any atom is -0.454 e. The zero-order valence-corrected chi connectivity index (χ0v) is 13.2. The van der Waals surface area contributed by atoms with E-state index in [1.54, 1.807) is 12.1 Å². The van der Waals surface area contributed by atoms with Gasteiger partial charge >= 0.3 is 0 Å². The summed E-state index contributed by atoms with van der Waals surface area (Å²) in [6, 6.07) is 3.36. The van der Waals surface area contributed by atoms with Gasteiger partial charge in [-0.25, -0.2) is 0 Å². The molecule has 1 saturated heterocycles. The molecule has 0 saturated carbocycles.